The fourth-order valence-electron chi connectivity index (χ4n) is 1.87. The monoisotopic (exact) mass is 226 g/mol. The highest BCUT2D eigenvalue weighted by Gasteiger charge is 2.19. The normalized spacial score (nSPS) is 17.7. The summed E-state index contributed by atoms with van der Waals surface area (Å²) in [6.45, 7) is 0. The van der Waals surface area contributed by atoms with Gasteiger partial charge in [0.25, 0.3) is 0 Å². The Bertz CT molecular complexity index is 401. The molecule has 1 aliphatic carbocycles. The molecule has 80 valence electrons. The van der Waals surface area contributed by atoms with Gasteiger partial charge in [0, 0.05) is 10.6 Å². The molecule has 15 heavy (non-hydrogen) atoms. The van der Waals surface area contributed by atoms with E-state index in [9.17, 15) is 9.50 Å². The third kappa shape index (κ3) is 2.21. The van der Waals surface area contributed by atoms with Gasteiger partial charge in [0.15, 0.2) is 0 Å². The minimum atomic E-state index is -0.841. The van der Waals surface area contributed by atoms with Crippen LogP contribution in [0, 0.1) is 5.82 Å². The number of hydrogen-bond donors (Lipinski definition) is 1. The Hall–Kier alpha value is -0.860. The van der Waals surface area contributed by atoms with Gasteiger partial charge in [-0.2, -0.15) is 0 Å². The molecule has 0 amide bonds. The molecular weight excluding hydrogens is 215 g/mol. The van der Waals surface area contributed by atoms with Crippen molar-refractivity contribution in [3.8, 4) is 0 Å². The third-order valence-electron chi connectivity index (χ3n) is 2.68. The summed E-state index contributed by atoms with van der Waals surface area (Å²) in [5.41, 5.74) is 1.17. The Labute approximate surface area is 93.2 Å². The summed E-state index contributed by atoms with van der Waals surface area (Å²) in [7, 11) is 0. The number of hydrogen-bond acceptors (Lipinski definition) is 1. The van der Waals surface area contributed by atoms with Crippen LogP contribution in [-0.4, -0.2) is 5.11 Å². The maximum Gasteiger partial charge on any atom is 0.129 e. The molecule has 1 nitrogen and oxygen atoms in total. The summed E-state index contributed by atoms with van der Waals surface area (Å²) in [6.07, 6.45) is 3.98. The molecule has 0 spiro atoms. The molecular formula is C12H12ClFO. The highest BCUT2D eigenvalue weighted by molar-refractivity contribution is 6.30. The van der Waals surface area contributed by atoms with Crippen LogP contribution in [0.3, 0.4) is 0 Å². The van der Waals surface area contributed by atoms with Gasteiger partial charge in [-0.15, -0.1) is 0 Å². The minimum absolute atomic E-state index is 0.274. The lowest BCUT2D eigenvalue weighted by Gasteiger charge is -2.13. The Morgan fingerprint density at radius 3 is 2.87 bits per heavy atom. The van der Waals surface area contributed by atoms with Crippen LogP contribution in [0.15, 0.2) is 29.8 Å². The van der Waals surface area contributed by atoms with E-state index in [1.807, 2.05) is 6.08 Å². The molecule has 1 aromatic carbocycles. The summed E-state index contributed by atoms with van der Waals surface area (Å²) < 4.78 is 13.4. The molecule has 0 aromatic heterocycles. The van der Waals surface area contributed by atoms with Crippen molar-refractivity contribution >= 4 is 11.6 Å². The molecule has 1 aromatic rings. The Morgan fingerprint density at radius 1 is 1.40 bits per heavy atom. The number of rotatable bonds is 2. The van der Waals surface area contributed by atoms with E-state index in [1.165, 1.54) is 18.2 Å². The smallest absolute Gasteiger partial charge is 0.129 e. The van der Waals surface area contributed by atoms with E-state index in [0.717, 1.165) is 24.8 Å². The Balaban J connectivity index is 2.31. The second kappa shape index (κ2) is 4.33. The van der Waals surface area contributed by atoms with Crippen molar-refractivity contribution in [1.29, 1.82) is 0 Å². The topological polar surface area (TPSA) is 20.2 Å². The predicted molar refractivity (Wildman–Crippen MR) is 58.3 cm³/mol. The standard InChI is InChI=1S/C12H12ClFO/c13-9-5-6-11(14)10(7-9)12(15)8-3-1-2-4-8/h3,5-7,12,15H,1-2,4H2. The van der Waals surface area contributed by atoms with E-state index in [1.54, 1.807) is 0 Å². The van der Waals surface area contributed by atoms with Crippen LogP contribution in [0.4, 0.5) is 4.39 Å². The van der Waals surface area contributed by atoms with Crippen LogP contribution in [0.25, 0.3) is 0 Å². The quantitative estimate of drug-likeness (QED) is 0.764. The van der Waals surface area contributed by atoms with Crippen molar-refractivity contribution in [2.45, 2.75) is 25.4 Å². The molecule has 1 atom stereocenters. The van der Waals surface area contributed by atoms with Crippen LogP contribution in [0.2, 0.25) is 5.02 Å². The lowest BCUT2D eigenvalue weighted by molar-refractivity contribution is 0.207. The molecule has 0 saturated heterocycles. The van der Waals surface area contributed by atoms with Crippen molar-refractivity contribution in [3.05, 3.63) is 46.3 Å². The van der Waals surface area contributed by atoms with Gasteiger partial charge in [-0.25, -0.2) is 4.39 Å². The number of benzene rings is 1. The third-order valence-corrected chi connectivity index (χ3v) is 2.92. The van der Waals surface area contributed by atoms with Gasteiger partial charge in [-0.1, -0.05) is 17.7 Å². The van der Waals surface area contributed by atoms with E-state index in [0.29, 0.717) is 5.02 Å². The van der Waals surface area contributed by atoms with Gasteiger partial charge in [-0.3, -0.25) is 0 Å². The van der Waals surface area contributed by atoms with E-state index in [2.05, 4.69) is 0 Å². The number of aliphatic hydroxyl groups excluding tert-OH is 1. The van der Waals surface area contributed by atoms with Crippen LogP contribution < -0.4 is 0 Å². The van der Waals surface area contributed by atoms with Gasteiger partial charge >= 0.3 is 0 Å². The maximum atomic E-state index is 13.4. The van der Waals surface area contributed by atoms with Gasteiger partial charge < -0.3 is 5.11 Å². The zero-order valence-corrected chi connectivity index (χ0v) is 8.97. The summed E-state index contributed by atoms with van der Waals surface area (Å²) >= 11 is 5.77. The zero-order chi connectivity index (χ0) is 10.8. The highest BCUT2D eigenvalue weighted by Crippen LogP contribution is 2.32. The molecule has 1 unspecified atom stereocenters. The first kappa shape index (κ1) is 10.7. The van der Waals surface area contributed by atoms with Crippen LogP contribution >= 0.6 is 11.6 Å². The predicted octanol–water partition coefficient (Wildman–Crippen LogP) is 3.62. The van der Waals surface area contributed by atoms with E-state index in [4.69, 9.17) is 11.6 Å². The van der Waals surface area contributed by atoms with Crippen molar-refractivity contribution < 1.29 is 9.50 Å². The average Bonchev–Trinajstić information content (AvgIpc) is 2.74. The first-order chi connectivity index (χ1) is 7.18. The SMILES string of the molecule is OC(C1=CCCC1)c1cc(Cl)ccc1F. The molecule has 1 N–H and O–H groups in total. The lowest BCUT2D eigenvalue weighted by atomic mass is 10.0. The van der Waals surface area contributed by atoms with Crippen molar-refractivity contribution in [2.24, 2.45) is 0 Å². The molecule has 0 radical (unpaired) electrons. The summed E-state index contributed by atoms with van der Waals surface area (Å²) in [5, 5.41) is 10.4. The first-order valence-corrected chi connectivity index (χ1v) is 5.38. The second-order valence-electron chi connectivity index (χ2n) is 3.74. The van der Waals surface area contributed by atoms with E-state index >= 15 is 0 Å². The van der Waals surface area contributed by atoms with E-state index in [-0.39, 0.29) is 5.56 Å². The molecule has 1 aliphatic rings. The summed E-state index contributed by atoms with van der Waals surface area (Å²) in [4.78, 5) is 0. The number of halogens is 2. The van der Waals surface area contributed by atoms with Gasteiger partial charge in [0.2, 0.25) is 0 Å². The zero-order valence-electron chi connectivity index (χ0n) is 8.21. The van der Waals surface area contributed by atoms with Gasteiger partial charge in [0.1, 0.15) is 11.9 Å². The van der Waals surface area contributed by atoms with Crippen LogP contribution in [0.5, 0.6) is 0 Å². The first-order valence-electron chi connectivity index (χ1n) is 5.00. The Kier molecular flexibility index (Phi) is 3.08. The average molecular weight is 227 g/mol. The number of allylic oxidation sites excluding steroid dienone is 1. The van der Waals surface area contributed by atoms with Crippen molar-refractivity contribution in [3.63, 3.8) is 0 Å². The van der Waals surface area contributed by atoms with Crippen molar-refractivity contribution in [1.82, 2.24) is 0 Å². The lowest BCUT2D eigenvalue weighted by Crippen LogP contribution is -2.02. The molecule has 0 bridgehead atoms. The molecule has 0 aliphatic heterocycles. The largest absolute Gasteiger partial charge is 0.384 e. The van der Waals surface area contributed by atoms with Crippen LogP contribution in [0.1, 0.15) is 30.9 Å². The second-order valence-corrected chi connectivity index (χ2v) is 4.18. The Morgan fingerprint density at radius 2 is 2.20 bits per heavy atom. The van der Waals surface area contributed by atoms with Crippen LogP contribution in [-0.2, 0) is 0 Å². The fourth-order valence-corrected chi connectivity index (χ4v) is 2.05. The molecule has 0 fully saturated rings. The summed E-state index contributed by atoms with van der Waals surface area (Å²) in [6, 6.07) is 4.26. The maximum absolute atomic E-state index is 13.4. The molecule has 3 heteroatoms. The molecule has 2 rings (SSSR count). The van der Waals surface area contributed by atoms with E-state index < -0.39 is 11.9 Å². The minimum Gasteiger partial charge on any atom is -0.384 e. The highest BCUT2D eigenvalue weighted by atomic mass is 35.5. The molecule has 0 saturated carbocycles. The molecule has 0 heterocycles. The van der Waals surface area contributed by atoms with Gasteiger partial charge in [-0.05, 0) is 43.0 Å². The van der Waals surface area contributed by atoms with Crippen molar-refractivity contribution in [2.75, 3.05) is 0 Å². The summed E-state index contributed by atoms with van der Waals surface area (Å²) in [5.74, 6) is -0.403. The van der Waals surface area contributed by atoms with Gasteiger partial charge in [0.05, 0.1) is 0 Å². The fraction of sp³-hybridized carbons (Fsp3) is 0.333. The number of aliphatic hydroxyl groups is 1.